The van der Waals surface area contributed by atoms with Crippen LogP contribution in [-0.4, -0.2) is 30.3 Å². The van der Waals surface area contributed by atoms with E-state index in [1.165, 1.54) is 11.1 Å². The molecule has 0 unspecified atom stereocenters. The zero-order valence-corrected chi connectivity index (χ0v) is 19.5. The number of carbonyl (C=O) groups excluding carboxylic acids is 1. The second-order valence-corrected chi connectivity index (χ2v) is 7.96. The van der Waals surface area contributed by atoms with Crippen molar-refractivity contribution in [2.45, 2.75) is 53.4 Å². The van der Waals surface area contributed by atoms with Crippen molar-refractivity contribution in [3.63, 3.8) is 0 Å². The fourth-order valence-electron chi connectivity index (χ4n) is 3.49. The number of hydrogen-bond donors (Lipinski definition) is 1. The number of allylic oxidation sites excluding steroid dienone is 2. The van der Waals surface area contributed by atoms with Crippen molar-refractivity contribution in [2.75, 3.05) is 13.7 Å². The van der Waals surface area contributed by atoms with Crippen molar-refractivity contribution in [2.24, 2.45) is 0 Å². The molecule has 0 aliphatic heterocycles. The molecule has 0 spiro atoms. The van der Waals surface area contributed by atoms with Crippen LogP contribution in [0.2, 0.25) is 0 Å². The quantitative estimate of drug-likeness (QED) is 0.354. The molecule has 0 aliphatic carbocycles. The Morgan fingerprint density at radius 3 is 2.42 bits per heavy atom. The van der Waals surface area contributed by atoms with Crippen LogP contribution in [-0.2, 0) is 4.79 Å². The Hall–Kier alpha value is -2.92. The van der Waals surface area contributed by atoms with Gasteiger partial charge in [-0.05, 0) is 72.2 Å². The summed E-state index contributed by atoms with van der Waals surface area (Å²) in [5, 5.41) is 12.3. The average Bonchev–Trinajstić information content (AvgIpc) is 3.18. The van der Waals surface area contributed by atoms with Crippen molar-refractivity contribution in [3.8, 4) is 17.0 Å². The van der Waals surface area contributed by atoms with Gasteiger partial charge in [0, 0.05) is 12.7 Å². The minimum absolute atomic E-state index is 0.320. The summed E-state index contributed by atoms with van der Waals surface area (Å²) in [6, 6.07) is 10.3. The molecule has 1 aromatic heterocycles. The van der Waals surface area contributed by atoms with Gasteiger partial charge in [0.05, 0.1) is 12.0 Å². The summed E-state index contributed by atoms with van der Waals surface area (Å²) in [6.45, 7) is 13.2. The number of aromatic nitrogens is 1. The van der Waals surface area contributed by atoms with Crippen molar-refractivity contribution in [1.82, 2.24) is 5.16 Å². The average molecular weight is 424 g/mol. The monoisotopic (exact) mass is 423 g/mol. The number of rotatable bonds is 7. The molecule has 0 radical (unpaired) electrons. The Morgan fingerprint density at radius 2 is 1.84 bits per heavy atom. The molecule has 5 heteroatoms. The standard InChI is InChI=1S/C25H29NO3.CH4O/c1-7-28-25-20(16(4)5)13-19(15(2)3)14-22(25)24-21-12-18(17(6)10-11-27)8-9-23(21)29-26-24;1-2/h8-16H,7H2,1-6H3;2H,1H3/b17-10+;. The lowest BCUT2D eigenvalue weighted by molar-refractivity contribution is -0.104. The van der Waals surface area contributed by atoms with Crippen LogP contribution in [0.25, 0.3) is 27.8 Å². The molecule has 0 saturated heterocycles. The van der Waals surface area contributed by atoms with E-state index in [-0.39, 0.29) is 0 Å². The van der Waals surface area contributed by atoms with E-state index in [4.69, 9.17) is 14.4 Å². The van der Waals surface area contributed by atoms with Crippen LogP contribution < -0.4 is 4.74 Å². The van der Waals surface area contributed by atoms with E-state index in [2.05, 4.69) is 45.0 Å². The first-order valence-corrected chi connectivity index (χ1v) is 10.6. The Kier molecular flexibility index (Phi) is 8.57. The predicted octanol–water partition coefficient (Wildman–Crippen LogP) is 6.35. The summed E-state index contributed by atoms with van der Waals surface area (Å²) in [7, 11) is 1.00. The van der Waals surface area contributed by atoms with Gasteiger partial charge in [0.15, 0.2) is 5.58 Å². The Morgan fingerprint density at radius 1 is 1.13 bits per heavy atom. The first kappa shape index (κ1) is 24.4. The summed E-state index contributed by atoms with van der Waals surface area (Å²) in [5.41, 5.74) is 6.73. The normalized spacial score (nSPS) is 11.6. The van der Waals surface area contributed by atoms with E-state index >= 15 is 0 Å². The maximum Gasteiger partial charge on any atom is 0.167 e. The number of fused-ring (bicyclic) bond motifs is 1. The van der Waals surface area contributed by atoms with Crippen LogP contribution >= 0.6 is 0 Å². The van der Waals surface area contributed by atoms with Gasteiger partial charge in [-0.15, -0.1) is 0 Å². The fraction of sp³-hybridized carbons (Fsp3) is 0.385. The van der Waals surface area contributed by atoms with Gasteiger partial charge < -0.3 is 14.4 Å². The Bertz CT molecular complexity index is 1060. The van der Waals surface area contributed by atoms with Crippen LogP contribution in [0.15, 0.2) is 40.9 Å². The largest absolute Gasteiger partial charge is 0.493 e. The van der Waals surface area contributed by atoms with Gasteiger partial charge in [-0.3, -0.25) is 4.79 Å². The topological polar surface area (TPSA) is 72.6 Å². The van der Waals surface area contributed by atoms with Gasteiger partial charge in [0.2, 0.25) is 0 Å². The molecule has 31 heavy (non-hydrogen) atoms. The zero-order chi connectivity index (χ0) is 23.1. The minimum atomic E-state index is 0.320. The molecule has 2 aromatic carbocycles. The summed E-state index contributed by atoms with van der Waals surface area (Å²) < 4.78 is 11.8. The van der Waals surface area contributed by atoms with Gasteiger partial charge in [-0.2, -0.15) is 0 Å². The molecule has 5 nitrogen and oxygen atoms in total. The highest BCUT2D eigenvalue weighted by Gasteiger charge is 2.21. The molecule has 0 bridgehead atoms. The SMILES string of the molecule is CCOc1c(-c2noc3ccc(/C(C)=C/C=O)cc23)cc(C(C)C)cc1C(C)C.CO. The Balaban J connectivity index is 0.00000166. The molecule has 0 saturated carbocycles. The number of aliphatic hydroxyl groups excluding tert-OH is 1. The number of aldehydes is 1. The van der Waals surface area contributed by atoms with Gasteiger partial charge >= 0.3 is 0 Å². The third-order valence-corrected chi connectivity index (χ3v) is 5.22. The van der Waals surface area contributed by atoms with E-state index in [9.17, 15) is 4.79 Å². The van der Waals surface area contributed by atoms with Gasteiger partial charge in [0.1, 0.15) is 17.7 Å². The highest BCUT2D eigenvalue weighted by atomic mass is 16.5. The van der Waals surface area contributed by atoms with Gasteiger partial charge in [-0.25, -0.2) is 0 Å². The van der Waals surface area contributed by atoms with Crippen LogP contribution in [0.1, 0.15) is 70.1 Å². The van der Waals surface area contributed by atoms with E-state index in [1.807, 2.05) is 32.0 Å². The lowest BCUT2D eigenvalue weighted by atomic mass is 9.90. The van der Waals surface area contributed by atoms with Crippen molar-refractivity contribution < 1.29 is 19.2 Å². The summed E-state index contributed by atoms with van der Waals surface area (Å²) in [4.78, 5) is 10.9. The molecular formula is C26H33NO4. The second kappa shape index (κ2) is 10.9. The molecule has 3 rings (SSSR count). The summed E-state index contributed by atoms with van der Waals surface area (Å²) in [6.07, 6.45) is 2.37. The van der Waals surface area contributed by atoms with Crippen LogP contribution in [0.3, 0.4) is 0 Å². The number of hydrogen-bond acceptors (Lipinski definition) is 5. The number of ether oxygens (including phenoxy) is 1. The predicted molar refractivity (Wildman–Crippen MR) is 127 cm³/mol. The Labute approximate surface area is 184 Å². The molecule has 3 aromatic rings. The van der Waals surface area contributed by atoms with E-state index in [0.717, 1.165) is 46.9 Å². The molecule has 0 amide bonds. The van der Waals surface area contributed by atoms with Crippen molar-refractivity contribution >= 4 is 22.8 Å². The van der Waals surface area contributed by atoms with E-state index in [0.29, 0.717) is 24.0 Å². The van der Waals surface area contributed by atoms with Gasteiger partial charge in [-0.1, -0.05) is 45.0 Å². The fourth-order valence-corrected chi connectivity index (χ4v) is 3.49. The number of aliphatic hydroxyl groups is 1. The lowest BCUT2D eigenvalue weighted by Gasteiger charge is -2.20. The molecule has 0 fully saturated rings. The molecule has 0 aliphatic rings. The van der Waals surface area contributed by atoms with Crippen molar-refractivity contribution in [3.05, 3.63) is 53.1 Å². The maximum atomic E-state index is 10.9. The number of benzene rings is 2. The van der Waals surface area contributed by atoms with E-state index in [1.54, 1.807) is 6.08 Å². The maximum absolute atomic E-state index is 10.9. The summed E-state index contributed by atoms with van der Waals surface area (Å²) >= 11 is 0. The highest BCUT2D eigenvalue weighted by molar-refractivity contribution is 5.96. The molecular weight excluding hydrogens is 390 g/mol. The molecule has 1 heterocycles. The van der Waals surface area contributed by atoms with Crippen molar-refractivity contribution in [1.29, 1.82) is 0 Å². The smallest absolute Gasteiger partial charge is 0.167 e. The lowest BCUT2D eigenvalue weighted by Crippen LogP contribution is -2.03. The third-order valence-electron chi connectivity index (χ3n) is 5.22. The van der Waals surface area contributed by atoms with Crippen LogP contribution in [0.5, 0.6) is 5.75 Å². The number of carbonyl (C=O) groups is 1. The first-order valence-electron chi connectivity index (χ1n) is 10.6. The zero-order valence-electron chi connectivity index (χ0n) is 19.5. The van der Waals surface area contributed by atoms with E-state index < -0.39 is 0 Å². The molecule has 166 valence electrons. The van der Waals surface area contributed by atoms with Crippen LogP contribution in [0, 0.1) is 0 Å². The second-order valence-electron chi connectivity index (χ2n) is 7.96. The van der Waals surface area contributed by atoms with Crippen LogP contribution in [0.4, 0.5) is 0 Å². The number of nitrogens with zero attached hydrogens (tertiary/aromatic N) is 1. The summed E-state index contributed by atoms with van der Waals surface area (Å²) in [5.74, 6) is 1.57. The highest BCUT2D eigenvalue weighted by Crippen LogP contribution is 2.42. The molecule has 1 N–H and O–H groups in total. The third kappa shape index (κ3) is 5.23. The van der Waals surface area contributed by atoms with Gasteiger partial charge in [0.25, 0.3) is 0 Å². The molecule has 0 atom stereocenters. The first-order chi connectivity index (χ1) is 14.9. The minimum Gasteiger partial charge on any atom is -0.493 e.